The number of aliphatic hydroxyl groups excluding tert-OH is 1. The van der Waals surface area contributed by atoms with Gasteiger partial charge in [0.15, 0.2) is 0 Å². The summed E-state index contributed by atoms with van der Waals surface area (Å²) < 4.78 is 9.49. The number of ether oxygens (including phenoxy) is 2. The van der Waals surface area contributed by atoms with Gasteiger partial charge < -0.3 is 30.5 Å². The second-order valence-corrected chi connectivity index (χ2v) is 12.5. The van der Waals surface area contributed by atoms with Crippen LogP contribution >= 0.6 is 0 Å². The van der Waals surface area contributed by atoms with Crippen molar-refractivity contribution in [2.24, 2.45) is 11.8 Å². The van der Waals surface area contributed by atoms with Gasteiger partial charge in [0.05, 0.1) is 32.1 Å². The first kappa shape index (κ1) is 39.4. The van der Waals surface area contributed by atoms with Gasteiger partial charge in [-0.15, -0.1) is 0 Å². The van der Waals surface area contributed by atoms with Gasteiger partial charge >= 0.3 is 12.2 Å². The van der Waals surface area contributed by atoms with Gasteiger partial charge in [-0.1, -0.05) is 94.8 Å². The SMILES string of the molecule is CC[C@H](C)[C@H](NC(=O)OC)C(=O)NN(Cc1ccc(-c2ccccn2)cc1)C[C@H](O)[C@H](Cc1ccccc1)NC(=O)[C@@H](NC(=O)OC)C(C)C. The number of amides is 4. The Bertz CT molecular complexity index is 1510. The van der Waals surface area contributed by atoms with Crippen LogP contribution < -0.4 is 21.4 Å². The van der Waals surface area contributed by atoms with Crippen LogP contribution in [0.5, 0.6) is 0 Å². The first-order chi connectivity index (χ1) is 23.9. The molecular weight excluding hydrogens is 640 g/mol. The van der Waals surface area contributed by atoms with Crippen molar-refractivity contribution in [3.63, 3.8) is 0 Å². The van der Waals surface area contributed by atoms with E-state index in [0.717, 1.165) is 22.4 Å². The average molecular weight is 691 g/mol. The Hall–Kier alpha value is -5.01. The lowest BCUT2D eigenvalue weighted by Crippen LogP contribution is -2.59. The first-order valence-corrected chi connectivity index (χ1v) is 16.7. The molecule has 0 aliphatic carbocycles. The van der Waals surface area contributed by atoms with Gasteiger partial charge in [0, 0.05) is 24.8 Å². The molecule has 50 heavy (non-hydrogen) atoms. The zero-order chi connectivity index (χ0) is 36.6. The molecule has 1 heterocycles. The third-order valence-electron chi connectivity index (χ3n) is 8.42. The summed E-state index contributed by atoms with van der Waals surface area (Å²) in [4.78, 5) is 55.8. The van der Waals surface area contributed by atoms with Crippen molar-refractivity contribution in [1.29, 1.82) is 0 Å². The Balaban J connectivity index is 1.93. The van der Waals surface area contributed by atoms with Gasteiger partial charge in [0.25, 0.3) is 5.91 Å². The van der Waals surface area contributed by atoms with E-state index in [2.05, 4.69) is 26.4 Å². The van der Waals surface area contributed by atoms with E-state index in [0.29, 0.717) is 6.42 Å². The van der Waals surface area contributed by atoms with E-state index in [9.17, 15) is 24.3 Å². The highest BCUT2D eigenvalue weighted by Crippen LogP contribution is 2.18. The summed E-state index contributed by atoms with van der Waals surface area (Å²) in [5, 5.41) is 21.5. The summed E-state index contributed by atoms with van der Waals surface area (Å²) in [6.07, 6.45) is -0.115. The van der Waals surface area contributed by atoms with Crippen molar-refractivity contribution < 1.29 is 33.8 Å². The molecule has 3 aromatic rings. The van der Waals surface area contributed by atoms with Gasteiger partial charge in [-0.3, -0.25) is 20.0 Å². The fourth-order valence-corrected chi connectivity index (χ4v) is 5.30. The molecule has 5 atom stereocenters. The van der Waals surface area contributed by atoms with Crippen LogP contribution in [-0.4, -0.2) is 84.1 Å². The van der Waals surface area contributed by atoms with Crippen LogP contribution in [0.4, 0.5) is 9.59 Å². The van der Waals surface area contributed by atoms with Crippen LogP contribution in [-0.2, 0) is 32.0 Å². The molecule has 0 radical (unpaired) electrons. The molecule has 3 rings (SSSR count). The van der Waals surface area contributed by atoms with Crippen molar-refractivity contribution in [2.45, 2.75) is 71.3 Å². The van der Waals surface area contributed by atoms with E-state index in [1.807, 2.05) is 86.6 Å². The van der Waals surface area contributed by atoms with Gasteiger partial charge in [-0.2, -0.15) is 0 Å². The largest absolute Gasteiger partial charge is 0.453 e. The van der Waals surface area contributed by atoms with Crippen LogP contribution in [0.3, 0.4) is 0 Å². The number of pyridine rings is 1. The number of carbonyl (C=O) groups excluding carboxylic acids is 4. The molecule has 0 aliphatic rings. The molecule has 1 aromatic heterocycles. The Morgan fingerprint density at radius 3 is 1.96 bits per heavy atom. The summed E-state index contributed by atoms with van der Waals surface area (Å²) in [5.74, 6) is -1.51. The highest BCUT2D eigenvalue weighted by Gasteiger charge is 2.32. The molecule has 0 aliphatic heterocycles. The molecule has 0 saturated heterocycles. The van der Waals surface area contributed by atoms with Gasteiger partial charge in [-0.05, 0) is 41.5 Å². The molecule has 0 bridgehead atoms. The van der Waals surface area contributed by atoms with Crippen molar-refractivity contribution in [3.05, 3.63) is 90.1 Å². The van der Waals surface area contributed by atoms with Crippen LogP contribution in [0, 0.1) is 11.8 Å². The fourth-order valence-electron chi connectivity index (χ4n) is 5.30. The Morgan fingerprint density at radius 2 is 1.40 bits per heavy atom. The summed E-state index contributed by atoms with van der Waals surface area (Å²) in [5.41, 5.74) is 6.31. The highest BCUT2D eigenvalue weighted by molar-refractivity contribution is 5.86. The number of alkyl carbamates (subject to hydrolysis) is 2. The third-order valence-corrected chi connectivity index (χ3v) is 8.42. The van der Waals surface area contributed by atoms with Crippen molar-refractivity contribution >= 4 is 24.0 Å². The number of aromatic nitrogens is 1. The van der Waals surface area contributed by atoms with Crippen LogP contribution in [0.25, 0.3) is 11.3 Å². The highest BCUT2D eigenvalue weighted by atomic mass is 16.5. The Labute approximate surface area is 294 Å². The van der Waals surface area contributed by atoms with Gasteiger partial charge in [0.2, 0.25) is 5.91 Å². The lowest BCUT2D eigenvalue weighted by Gasteiger charge is -2.33. The second kappa shape index (κ2) is 19.9. The van der Waals surface area contributed by atoms with Crippen LogP contribution in [0.15, 0.2) is 79.0 Å². The molecule has 0 spiro atoms. The number of hydrogen-bond acceptors (Lipinski definition) is 9. The molecule has 4 amide bonds. The summed E-state index contributed by atoms with van der Waals surface area (Å²) in [7, 11) is 2.44. The topological polar surface area (TPSA) is 171 Å². The van der Waals surface area contributed by atoms with Gasteiger partial charge in [-0.25, -0.2) is 14.6 Å². The van der Waals surface area contributed by atoms with Crippen molar-refractivity contribution in [1.82, 2.24) is 31.4 Å². The summed E-state index contributed by atoms with van der Waals surface area (Å²) >= 11 is 0. The maximum absolute atomic E-state index is 13.7. The maximum Gasteiger partial charge on any atom is 0.407 e. The molecule has 5 N–H and O–H groups in total. The maximum atomic E-state index is 13.7. The van der Waals surface area contributed by atoms with Crippen molar-refractivity contribution in [3.8, 4) is 11.3 Å². The zero-order valence-corrected chi connectivity index (χ0v) is 29.6. The van der Waals surface area contributed by atoms with Crippen molar-refractivity contribution in [2.75, 3.05) is 20.8 Å². The summed E-state index contributed by atoms with van der Waals surface area (Å²) in [6.45, 7) is 7.40. The summed E-state index contributed by atoms with van der Waals surface area (Å²) in [6, 6.07) is 20.0. The molecule has 0 unspecified atom stereocenters. The molecule has 13 heteroatoms. The zero-order valence-electron chi connectivity index (χ0n) is 29.6. The van der Waals surface area contributed by atoms with E-state index in [1.165, 1.54) is 14.2 Å². The molecule has 13 nitrogen and oxygen atoms in total. The lowest BCUT2D eigenvalue weighted by molar-refractivity contribution is -0.131. The predicted molar refractivity (Wildman–Crippen MR) is 189 cm³/mol. The number of nitrogens with one attached hydrogen (secondary N) is 4. The number of carbonyl (C=O) groups is 4. The third kappa shape index (κ3) is 12.1. The van der Waals surface area contributed by atoms with Crippen LogP contribution in [0.2, 0.25) is 0 Å². The molecule has 0 fully saturated rings. The molecular formula is C37H50N6O7. The fraction of sp³-hybridized carbons (Fsp3) is 0.432. The second-order valence-electron chi connectivity index (χ2n) is 12.5. The van der Waals surface area contributed by atoms with Gasteiger partial charge in [0.1, 0.15) is 12.1 Å². The predicted octanol–water partition coefficient (Wildman–Crippen LogP) is 3.82. The normalized spacial score (nSPS) is 14.1. The number of hydrogen-bond donors (Lipinski definition) is 5. The number of aliphatic hydroxyl groups is 1. The lowest BCUT2D eigenvalue weighted by atomic mass is 9.98. The standard InChI is InChI=1S/C37H50N6O7/c1-7-25(4)33(41-37(48)50-6)35(46)42-43(22-27-16-18-28(19-17-27)29-15-11-12-20-38-29)23-31(44)30(21-26-13-9-8-10-14-26)39-34(45)32(24(2)3)40-36(47)49-5/h8-20,24-25,30-33,44H,7,21-23H2,1-6H3,(H,39,45)(H,40,47)(H,41,48)(H,42,46)/t25-,30-,31-,32-,33-/m0/s1. The van der Waals surface area contributed by atoms with Crippen LogP contribution in [0.1, 0.15) is 45.2 Å². The monoisotopic (exact) mass is 690 g/mol. The number of nitrogens with zero attached hydrogens (tertiary/aromatic N) is 2. The number of methoxy groups -OCH3 is 2. The minimum Gasteiger partial charge on any atom is -0.453 e. The number of rotatable bonds is 17. The van der Waals surface area contributed by atoms with E-state index >= 15 is 0 Å². The molecule has 0 saturated carbocycles. The minimum absolute atomic E-state index is 0.103. The minimum atomic E-state index is -1.20. The quantitative estimate of drug-likeness (QED) is 0.132. The number of benzene rings is 2. The van der Waals surface area contributed by atoms with E-state index < -0.39 is 48.2 Å². The Kier molecular flexibility index (Phi) is 15.7. The first-order valence-electron chi connectivity index (χ1n) is 16.7. The Morgan fingerprint density at radius 1 is 0.780 bits per heavy atom. The average Bonchev–Trinajstić information content (AvgIpc) is 3.12. The van der Waals surface area contributed by atoms with E-state index in [4.69, 9.17) is 9.47 Å². The van der Waals surface area contributed by atoms with E-state index in [1.54, 1.807) is 25.1 Å². The molecule has 2 aromatic carbocycles. The smallest absolute Gasteiger partial charge is 0.407 e. The van der Waals surface area contributed by atoms with E-state index in [-0.39, 0.29) is 31.3 Å². The molecule has 270 valence electrons. The number of hydrazine groups is 1.